The quantitative estimate of drug-likeness (QED) is 0.653. The number of benzene rings is 1. The first-order chi connectivity index (χ1) is 12.8. The van der Waals surface area contributed by atoms with E-state index in [0.717, 1.165) is 10.9 Å². The molecule has 2 heterocycles. The molecule has 0 aliphatic heterocycles. The van der Waals surface area contributed by atoms with Gasteiger partial charge in [0.25, 0.3) is 11.8 Å². The van der Waals surface area contributed by atoms with Crippen LogP contribution in [0.15, 0.2) is 39.5 Å². The van der Waals surface area contributed by atoms with E-state index in [-0.39, 0.29) is 22.6 Å². The Hall–Kier alpha value is -3.13. The van der Waals surface area contributed by atoms with Crippen molar-refractivity contribution in [3.63, 3.8) is 0 Å². The van der Waals surface area contributed by atoms with Gasteiger partial charge in [0.05, 0.1) is 18.2 Å². The highest BCUT2D eigenvalue weighted by Crippen LogP contribution is 2.33. The van der Waals surface area contributed by atoms with E-state index < -0.39 is 17.4 Å². The van der Waals surface area contributed by atoms with E-state index in [1.54, 1.807) is 18.2 Å². The number of rotatable bonds is 5. The lowest BCUT2D eigenvalue weighted by Crippen LogP contribution is -2.18. The molecule has 1 aromatic carbocycles. The average molecular weight is 386 g/mol. The van der Waals surface area contributed by atoms with Crippen molar-refractivity contribution < 1.29 is 18.7 Å². The van der Waals surface area contributed by atoms with E-state index in [1.807, 2.05) is 13.8 Å². The molecule has 0 atom stereocenters. The average Bonchev–Trinajstić information content (AvgIpc) is 3.04. The summed E-state index contributed by atoms with van der Waals surface area (Å²) in [7, 11) is 1.49. The van der Waals surface area contributed by atoms with Crippen molar-refractivity contribution in [1.29, 1.82) is 0 Å². The Morgan fingerprint density at radius 3 is 2.56 bits per heavy atom. The number of nitrogens with one attached hydrogen (secondary N) is 1. The summed E-state index contributed by atoms with van der Waals surface area (Å²) in [5.41, 5.74) is 5.38. The summed E-state index contributed by atoms with van der Waals surface area (Å²) in [6, 6.07) is 7.62. The lowest BCUT2D eigenvalue weighted by atomic mass is 10.1. The molecule has 27 heavy (non-hydrogen) atoms. The van der Waals surface area contributed by atoms with E-state index >= 15 is 0 Å². The van der Waals surface area contributed by atoms with Crippen LogP contribution in [0.1, 0.15) is 45.4 Å². The van der Waals surface area contributed by atoms with E-state index in [1.165, 1.54) is 24.5 Å². The van der Waals surface area contributed by atoms with Crippen LogP contribution in [0.5, 0.6) is 5.75 Å². The number of methoxy groups -OCH3 is 1. The fourth-order valence-electron chi connectivity index (χ4n) is 2.60. The zero-order chi connectivity index (χ0) is 19.7. The molecule has 3 N–H and O–H groups in total. The highest BCUT2D eigenvalue weighted by molar-refractivity contribution is 7.16. The number of carbonyl (C=O) groups excluding carboxylic acids is 2. The van der Waals surface area contributed by atoms with Crippen LogP contribution in [0, 0.1) is 0 Å². The molecular formula is C19H18N2O5S. The predicted octanol–water partition coefficient (Wildman–Crippen LogP) is 3.34. The maximum absolute atomic E-state index is 12.8. The smallest absolute Gasteiger partial charge is 0.337 e. The summed E-state index contributed by atoms with van der Waals surface area (Å²) >= 11 is 1.28. The molecule has 0 spiro atoms. The highest BCUT2D eigenvalue weighted by atomic mass is 32.1. The SMILES string of the molecule is COc1ccc2c(C(=O)Nc3sc(C(C)C)cc3C(N)=O)cc(=O)oc2c1. The van der Waals surface area contributed by atoms with Crippen LogP contribution in [0.25, 0.3) is 11.0 Å². The first kappa shape index (κ1) is 18.7. The van der Waals surface area contributed by atoms with Crippen molar-refractivity contribution in [2.45, 2.75) is 19.8 Å². The Morgan fingerprint density at radius 1 is 1.19 bits per heavy atom. The van der Waals surface area contributed by atoms with Gasteiger partial charge in [-0.25, -0.2) is 4.79 Å². The number of thiophene rings is 1. The molecule has 0 aliphatic carbocycles. The van der Waals surface area contributed by atoms with Gasteiger partial charge in [0, 0.05) is 22.4 Å². The Kier molecular flexibility index (Phi) is 5.00. The van der Waals surface area contributed by atoms with Gasteiger partial charge in [-0.2, -0.15) is 0 Å². The lowest BCUT2D eigenvalue weighted by molar-refractivity contribution is 0.100. The molecule has 8 heteroatoms. The maximum Gasteiger partial charge on any atom is 0.337 e. The van der Waals surface area contributed by atoms with E-state index in [2.05, 4.69) is 5.32 Å². The van der Waals surface area contributed by atoms with Crippen molar-refractivity contribution in [3.8, 4) is 5.75 Å². The third kappa shape index (κ3) is 3.70. The lowest BCUT2D eigenvalue weighted by Gasteiger charge is -2.08. The summed E-state index contributed by atoms with van der Waals surface area (Å²) in [5, 5.41) is 3.50. The molecule has 0 unspecified atom stereocenters. The first-order valence-electron chi connectivity index (χ1n) is 8.17. The second-order valence-corrected chi connectivity index (χ2v) is 7.29. The molecule has 2 amide bonds. The largest absolute Gasteiger partial charge is 0.497 e. The number of nitrogens with two attached hydrogens (primary N) is 1. The van der Waals surface area contributed by atoms with Gasteiger partial charge in [-0.15, -0.1) is 11.3 Å². The fraction of sp³-hybridized carbons (Fsp3) is 0.211. The Balaban J connectivity index is 2.05. The monoisotopic (exact) mass is 386 g/mol. The van der Waals surface area contributed by atoms with Crippen LogP contribution < -0.4 is 21.4 Å². The molecule has 0 saturated carbocycles. The maximum atomic E-state index is 12.8. The molecule has 0 saturated heterocycles. The number of hydrogen-bond donors (Lipinski definition) is 2. The summed E-state index contributed by atoms with van der Waals surface area (Å²) in [6.45, 7) is 3.96. The Labute approximate surface area is 158 Å². The van der Waals surface area contributed by atoms with E-state index in [0.29, 0.717) is 16.1 Å². The summed E-state index contributed by atoms with van der Waals surface area (Å²) in [6.07, 6.45) is 0. The number of amides is 2. The number of carbonyl (C=O) groups is 2. The number of hydrogen-bond acceptors (Lipinski definition) is 6. The minimum atomic E-state index is -0.662. The summed E-state index contributed by atoms with van der Waals surface area (Å²) in [4.78, 5) is 37.3. The summed E-state index contributed by atoms with van der Waals surface area (Å²) < 4.78 is 10.3. The molecule has 0 bridgehead atoms. The fourth-order valence-corrected chi connectivity index (χ4v) is 3.66. The van der Waals surface area contributed by atoms with E-state index in [9.17, 15) is 14.4 Å². The summed E-state index contributed by atoms with van der Waals surface area (Å²) in [5.74, 6) is -0.483. The Morgan fingerprint density at radius 2 is 1.93 bits per heavy atom. The predicted molar refractivity (Wildman–Crippen MR) is 104 cm³/mol. The minimum Gasteiger partial charge on any atom is -0.497 e. The van der Waals surface area contributed by atoms with Crippen LogP contribution >= 0.6 is 11.3 Å². The highest BCUT2D eigenvalue weighted by Gasteiger charge is 2.20. The standard InChI is InChI=1S/C19H18N2O5S/c1-9(2)15-7-13(17(20)23)19(27-15)21-18(24)12-8-16(22)26-14-6-10(25-3)4-5-11(12)14/h4-9H,1-3H3,(H2,20,23)(H,21,24). The van der Waals surface area contributed by atoms with Gasteiger partial charge >= 0.3 is 5.63 Å². The zero-order valence-corrected chi connectivity index (χ0v) is 15.8. The third-order valence-electron chi connectivity index (χ3n) is 4.01. The molecular weight excluding hydrogens is 368 g/mol. The number of ether oxygens (including phenoxy) is 1. The topological polar surface area (TPSA) is 112 Å². The van der Waals surface area contributed by atoms with Gasteiger partial charge in [0.1, 0.15) is 16.3 Å². The van der Waals surface area contributed by atoms with Crippen molar-refractivity contribution in [2.24, 2.45) is 5.73 Å². The van der Waals surface area contributed by atoms with Gasteiger partial charge in [0.2, 0.25) is 0 Å². The second-order valence-electron chi connectivity index (χ2n) is 6.21. The van der Waals surface area contributed by atoms with Crippen molar-refractivity contribution in [1.82, 2.24) is 0 Å². The van der Waals surface area contributed by atoms with Crippen LogP contribution in [0.3, 0.4) is 0 Å². The van der Waals surface area contributed by atoms with Crippen molar-refractivity contribution >= 4 is 39.1 Å². The van der Waals surface area contributed by atoms with Crippen molar-refractivity contribution in [3.05, 3.63) is 56.8 Å². The minimum absolute atomic E-state index is 0.138. The molecule has 7 nitrogen and oxygen atoms in total. The van der Waals surface area contributed by atoms with Gasteiger partial charge in [-0.3, -0.25) is 9.59 Å². The molecule has 140 valence electrons. The second kappa shape index (κ2) is 7.24. The normalized spacial score (nSPS) is 11.0. The van der Waals surface area contributed by atoms with Crippen LogP contribution in [-0.2, 0) is 0 Å². The van der Waals surface area contributed by atoms with Crippen LogP contribution in [-0.4, -0.2) is 18.9 Å². The molecule has 0 fully saturated rings. The van der Waals surface area contributed by atoms with Gasteiger partial charge in [-0.05, 0) is 24.1 Å². The van der Waals surface area contributed by atoms with Gasteiger partial charge in [0.15, 0.2) is 0 Å². The number of anilines is 1. The van der Waals surface area contributed by atoms with Gasteiger partial charge in [-0.1, -0.05) is 13.8 Å². The van der Waals surface area contributed by atoms with E-state index in [4.69, 9.17) is 14.9 Å². The molecule has 2 aromatic heterocycles. The van der Waals surface area contributed by atoms with Gasteiger partial charge < -0.3 is 20.2 Å². The van der Waals surface area contributed by atoms with Crippen LogP contribution in [0.4, 0.5) is 5.00 Å². The number of fused-ring (bicyclic) bond motifs is 1. The van der Waals surface area contributed by atoms with Crippen LogP contribution in [0.2, 0.25) is 0 Å². The van der Waals surface area contributed by atoms with Crippen molar-refractivity contribution in [2.75, 3.05) is 12.4 Å². The molecule has 0 aliphatic rings. The molecule has 3 aromatic rings. The number of primary amides is 1. The zero-order valence-electron chi connectivity index (χ0n) is 15.0. The molecule has 0 radical (unpaired) electrons. The first-order valence-corrected chi connectivity index (χ1v) is 8.98. The molecule has 3 rings (SSSR count). The Bertz CT molecular complexity index is 1100. The third-order valence-corrected chi connectivity index (χ3v) is 5.36.